The molecule has 1 saturated heterocycles. The first-order valence-electron chi connectivity index (χ1n) is 13.5. The largest absolute Gasteiger partial charge is 0.437 e. The molecule has 0 aliphatic carbocycles. The lowest BCUT2D eigenvalue weighted by Gasteiger charge is -2.23. The van der Waals surface area contributed by atoms with Gasteiger partial charge in [0.15, 0.2) is 6.10 Å². The molecule has 1 aliphatic rings. The zero-order valence-corrected chi connectivity index (χ0v) is 23.3. The molecule has 4 N–H and O–H groups in total. The number of aryl methyl sites for hydroxylation is 1. The molecule has 2 atom stereocenters. The lowest BCUT2D eigenvalue weighted by atomic mass is 10.0. The van der Waals surface area contributed by atoms with Crippen molar-refractivity contribution in [3.8, 4) is 5.75 Å². The van der Waals surface area contributed by atoms with Crippen molar-refractivity contribution in [3.63, 3.8) is 0 Å². The number of allylic oxidation sites excluding steroid dienone is 3. The second kappa shape index (κ2) is 13.6. The van der Waals surface area contributed by atoms with Gasteiger partial charge in [-0.1, -0.05) is 36.4 Å². The van der Waals surface area contributed by atoms with Crippen molar-refractivity contribution in [2.24, 2.45) is 4.99 Å². The van der Waals surface area contributed by atoms with Gasteiger partial charge in [-0.2, -0.15) is 13.2 Å². The Bertz CT molecular complexity index is 1500. The Labute approximate surface area is 241 Å². The fourth-order valence-corrected chi connectivity index (χ4v) is 4.61. The topological polar surface area (TPSA) is 121 Å². The second-order valence-electron chi connectivity index (χ2n) is 9.85. The van der Waals surface area contributed by atoms with E-state index in [0.717, 1.165) is 31.5 Å². The maximum atomic E-state index is 12.7. The van der Waals surface area contributed by atoms with E-state index in [9.17, 15) is 23.1 Å². The number of nitrogens with zero attached hydrogens (tertiary/aromatic N) is 3. The fraction of sp³-hybridized carbons (Fsp3) is 0.333. The summed E-state index contributed by atoms with van der Waals surface area (Å²) >= 11 is 0. The Kier molecular flexibility index (Phi) is 9.92. The van der Waals surface area contributed by atoms with Crippen LogP contribution in [0.5, 0.6) is 5.75 Å². The summed E-state index contributed by atoms with van der Waals surface area (Å²) in [6, 6.07) is 10.4. The number of rotatable bonds is 10. The van der Waals surface area contributed by atoms with E-state index in [1.807, 2.05) is 19.9 Å². The number of carbonyl (C=O) groups excluding carboxylic acids is 1. The highest BCUT2D eigenvalue weighted by molar-refractivity contribution is 6.04. The molecular formula is C30H33F3N6O3. The average Bonchev–Trinajstić information content (AvgIpc) is 2.96. The molecule has 1 amide bonds. The number of benzene rings is 2. The number of anilines is 2. The molecule has 4 rings (SSSR count). The van der Waals surface area contributed by atoms with Gasteiger partial charge < -0.3 is 25.8 Å². The normalized spacial score (nSPS) is 17.0. The number of fused-ring (bicyclic) bond motifs is 1. The number of amides is 1. The Hall–Kier alpha value is -4.29. The summed E-state index contributed by atoms with van der Waals surface area (Å²) < 4.78 is 44.6. The first kappa shape index (κ1) is 30.7. The molecule has 42 heavy (non-hydrogen) atoms. The summed E-state index contributed by atoms with van der Waals surface area (Å²) in [5.74, 6) is 0.0969. The molecular weight excluding hydrogens is 549 g/mol. The summed E-state index contributed by atoms with van der Waals surface area (Å²) in [5, 5.41) is 19.6. The Balaban J connectivity index is 1.68. The molecule has 0 saturated carbocycles. The minimum absolute atomic E-state index is 0.176. The molecule has 222 valence electrons. The van der Waals surface area contributed by atoms with E-state index in [-0.39, 0.29) is 17.6 Å². The summed E-state index contributed by atoms with van der Waals surface area (Å²) in [6.45, 7) is 9.20. The van der Waals surface area contributed by atoms with Gasteiger partial charge in [0, 0.05) is 35.2 Å². The molecule has 3 aromatic rings. The third-order valence-corrected chi connectivity index (χ3v) is 6.71. The van der Waals surface area contributed by atoms with Gasteiger partial charge in [-0.25, -0.2) is 15.0 Å². The van der Waals surface area contributed by atoms with E-state index in [4.69, 9.17) is 9.72 Å². The fourth-order valence-electron chi connectivity index (χ4n) is 4.61. The molecule has 0 spiro atoms. The average molecular weight is 583 g/mol. The SMILES string of the molecule is C=N/C(Oc1c(C)ccc2c(NC(=O)C[C@H](O)C(F)(F)F)cccc12)=C(\C=C/C)c1ccnc(N[C@H]2CCCNC2)n1. The zero-order valence-electron chi connectivity index (χ0n) is 23.3. The van der Waals surface area contributed by atoms with Crippen LogP contribution in [0.4, 0.5) is 24.8 Å². The van der Waals surface area contributed by atoms with Crippen molar-refractivity contribution in [2.45, 2.75) is 51.4 Å². The lowest BCUT2D eigenvalue weighted by Crippen LogP contribution is -2.38. The number of hydrogen-bond acceptors (Lipinski definition) is 8. The smallest absolute Gasteiger partial charge is 0.414 e. The van der Waals surface area contributed by atoms with Crippen molar-refractivity contribution in [1.29, 1.82) is 0 Å². The first-order valence-corrected chi connectivity index (χ1v) is 13.5. The van der Waals surface area contributed by atoms with Gasteiger partial charge in [0.25, 0.3) is 0 Å². The molecule has 1 aromatic heterocycles. The van der Waals surface area contributed by atoms with E-state index in [0.29, 0.717) is 33.7 Å². The van der Waals surface area contributed by atoms with Gasteiger partial charge >= 0.3 is 6.18 Å². The Morgan fingerprint density at radius 2 is 2.10 bits per heavy atom. The van der Waals surface area contributed by atoms with Crippen molar-refractivity contribution in [3.05, 3.63) is 71.9 Å². The highest BCUT2D eigenvalue weighted by atomic mass is 19.4. The van der Waals surface area contributed by atoms with E-state index in [1.54, 1.807) is 48.7 Å². The number of aromatic nitrogens is 2. The maximum Gasteiger partial charge on any atom is 0.414 e. The minimum Gasteiger partial charge on any atom is -0.437 e. The van der Waals surface area contributed by atoms with Crippen LogP contribution in [0.25, 0.3) is 16.3 Å². The van der Waals surface area contributed by atoms with Crippen LogP contribution >= 0.6 is 0 Å². The number of aliphatic imine (C=N–C) groups is 1. The number of nitrogens with one attached hydrogen (secondary N) is 3. The van der Waals surface area contributed by atoms with Gasteiger partial charge in [0.1, 0.15) is 5.75 Å². The number of hydrogen-bond donors (Lipinski definition) is 4. The van der Waals surface area contributed by atoms with Crippen LogP contribution in [-0.4, -0.2) is 59.1 Å². The van der Waals surface area contributed by atoms with Crippen molar-refractivity contribution >= 4 is 40.6 Å². The molecule has 0 radical (unpaired) electrons. The van der Waals surface area contributed by atoms with E-state index in [1.165, 1.54) is 0 Å². The second-order valence-corrected chi connectivity index (χ2v) is 9.85. The van der Waals surface area contributed by atoms with Crippen LogP contribution in [0.15, 0.2) is 65.6 Å². The highest BCUT2D eigenvalue weighted by Crippen LogP contribution is 2.36. The summed E-state index contributed by atoms with van der Waals surface area (Å²) in [6.07, 6.45) is -1.44. The molecule has 0 unspecified atom stereocenters. The van der Waals surface area contributed by atoms with Gasteiger partial charge in [-0.15, -0.1) is 0 Å². The number of aliphatic hydroxyl groups excluding tert-OH is 1. The first-order chi connectivity index (χ1) is 20.1. The molecule has 0 bridgehead atoms. The monoisotopic (exact) mass is 582 g/mol. The van der Waals surface area contributed by atoms with Crippen molar-refractivity contribution < 1.29 is 27.8 Å². The third-order valence-electron chi connectivity index (χ3n) is 6.71. The van der Waals surface area contributed by atoms with E-state index >= 15 is 0 Å². The van der Waals surface area contributed by atoms with Gasteiger partial charge in [-0.05, 0) is 57.6 Å². The lowest BCUT2D eigenvalue weighted by molar-refractivity contribution is -0.205. The third kappa shape index (κ3) is 7.51. The zero-order chi connectivity index (χ0) is 30.3. The summed E-state index contributed by atoms with van der Waals surface area (Å²) in [5.41, 5.74) is 2.13. The summed E-state index contributed by atoms with van der Waals surface area (Å²) in [4.78, 5) is 25.5. The van der Waals surface area contributed by atoms with Gasteiger partial charge in [0.2, 0.25) is 17.7 Å². The minimum atomic E-state index is -4.90. The standard InChI is InChI=1S/C30H33F3N6O3/c1-4-7-22(24-13-15-36-29(39-24)37-19-8-6-14-35-17-19)28(34-3)42-27-18(2)11-12-20-21(27)9-5-10-23(20)38-26(41)16-25(40)30(31,32)33/h4-5,7,9-13,15,19,25,35,40H,3,6,8,14,16-17H2,1-2H3,(H,38,41)(H,36,37,39)/b7-4-,28-22-/t19-,25-/m0/s1. The van der Waals surface area contributed by atoms with Crippen LogP contribution in [0, 0.1) is 6.92 Å². The Morgan fingerprint density at radius 1 is 1.29 bits per heavy atom. The predicted molar refractivity (Wildman–Crippen MR) is 157 cm³/mol. The molecule has 2 aromatic carbocycles. The highest BCUT2D eigenvalue weighted by Gasteiger charge is 2.39. The quantitative estimate of drug-likeness (QED) is 0.144. The number of ether oxygens (including phenoxy) is 1. The number of piperidine rings is 1. The molecule has 12 heteroatoms. The number of alkyl halides is 3. The van der Waals surface area contributed by atoms with E-state index in [2.05, 4.69) is 32.6 Å². The van der Waals surface area contributed by atoms with E-state index < -0.39 is 24.6 Å². The molecule has 9 nitrogen and oxygen atoms in total. The Morgan fingerprint density at radius 3 is 2.79 bits per heavy atom. The van der Waals surface area contributed by atoms with Crippen LogP contribution in [-0.2, 0) is 4.79 Å². The van der Waals surface area contributed by atoms with Crippen molar-refractivity contribution in [2.75, 3.05) is 23.7 Å². The maximum absolute atomic E-state index is 12.7. The van der Waals surface area contributed by atoms with Crippen LogP contribution in [0.2, 0.25) is 0 Å². The summed E-state index contributed by atoms with van der Waals surface area (Å²) in [7, 11) is 0. The van der Waals surface area contributed by atoms with Crippen molar-refractivity contribution in [1.82, 2.24) is 15.3 Å². The molecule has 2 heterocycles. The van der Waals surface area contributed by atoms with Crippen LogP contribution < -0.4 is 20.7 Å². The van der Waals surface area contributed by atoms with Crippen LogP contribution in [0.1, 0.15) is 37.4 Å². The molecule has 1 fully saturated rings. The van der Waals surface area contributed by atoms with Gasteiger partial charge in [-0.3, -0.25) is 4.79 Å². The number of halogens is 3. The number of carbonyl (C=O) groups is 1. The van der Waals surface area contributed by atoms with Crippen LogP contribution in [0.3, 0.4) is 0 Å². The number of aliphatic hydroxyl groups is 1. The predicted octanol–water partition coefficient (Wildman–Crippen LogP) is 5.38. The van der Waals surface area contributed by atoms with Gasteiger partial charge in [0.05, 0.1) is 17.7 Å². The molecule has 1 aliphatic heterocycles.